The molecule has 2 heteroatoms. The number of benzene rings is 2. The van der Waals surface area contributed by atoms with Gasteiger partial charge >= 0.3 is 0 Å². The minimum atomic E-state index is 0.000370. The molecule has 0 aliphatic carbocycles. The summed E-state index contributed by atoms with van der Waals surface area (Å²) in [5.41, 5.74) is 3.71. The predicted molar refractivity (Wildman–Crippen MR) is 89.0 cm³/mol. The third-order valence-electron chi connectivity index (χ3n) is 3.72. The lowest BCUT2D eigenvalue weighted by Crippen LogP contribution is -2.22. The summed E-state index contributed by atoms with van der Waals surface area (Å²) >= 11 is 0. The Hall–Kier alpha value is -2.61. The van der Waals surface area contributed by atoms with Crippen molar-refractivity contribution in [1.82, 2.24) is 4.57 Å². The van der Waals surface area contributed by atoms with Crippen molar-refractivity contribution >= 4 is 16.3 Å². The number of para-hydroxylation sites is 1. The molecule has 0 aliphatic heterocycles. The second-order valence-corrected chi connectivity index (χ2v) is 5.32. The number of fused-ring (bicyclic) bond motifs is 1. The number of hydrogen-bond acceptors (Lipinski definition) is 1. The van der Waals surface area contributed by atoms with Gasteiger partial charge < -0.3 is 0 Å². The van der Waals surface area contributed by atoms with Crippen LogP contribution in [0.3, 0.4) is 0 Å². The average Bonchev–Trinajstić information content (AvgIpc) is 2.48. The van der Waals surface area contributed by atoms with E-state index >= 15 is 0 Å². The van der Waals surface area contributed by atoms with Crippen LogP contribution in [-0.4, -0.2) is 4.57 Å². The van der Waals surface area contributed by atoms with Crippen molar-refractivity contribution in [3.63, 3.8) is 0 Å². The molecule has 21 heavy (non-hydrogen) atoms. The van der Waals surface area contributed by atoms with Gasteiger partial charge in [-0.2, -0.15) is 0 Å². The molecule has 0 radical (unpaired) electrons. The molecule has 0 aliphatic rings. The highest BCUT2D eigenvalue weighted by Gasteiger charge is 2.12. The third kappa shape index (κ3) is 2.19. The van der Waals surface area contributed by atoms with Gasteiger partial charge in [0.1, 0.15) is 0 Å². The fourth-order valence-corrected chi connectivity index (χ4v) is 2.63. The monoisotopic (exact) mass is 275 g/mol. The summed E-state index contributed by atoms with van der Waals surface area (Å²) in [5.74, 6) is 0. The number of nitrogens with zero attached hydrogens (tertiary/aromatic N) is 1. The highest BCUT2D eigenvalue weighted by Crippen LogP contribution is 2.22. The van der Waals surface area contributed by atoms with E-state index in [-0.39, 0.29) is 5.56 Å². The Bertz CT molecular complexity index is 903. The number of aromatic nitrogens is 1. The molecule has 3 aromatic rings. The van der Waals surface area contributed by atoms with Crippen LogP contribution in [0.1, 0.15) is 18.2 Å². The largest absolute Gasteiger partial charge is 0.276 e. The Morgan fingerprint density at radius 2 is 1.71 bits per heavy atom. The van der Waals surface area contributed by atoms with Crippen LogP contribution in [0.15, 0.2) is 66.0 Å². The average molecular weight is 275 g/mol. The SMILES string of the molecule is C=C(C)c1cc2ccccc2c(=O)n1-c1ccccc1C. The van der Waals surface area contributed by atoms with Crippen molar-refractivity contribution in [2.45, 2.75) is 13.8 Å². The molecule has 3 rings (SSSR count). The second-order valence-electron chi connectivity index (χ2n) is 5.32. The van der Waals surface area contributed by atoms with E-state index in [0.29, 0.717) is 0 Å². The van der Waals surface area contributed by atoms with Crippen LogP contribution in [0.2, 0.25) is 0 Å². The van der Waals surface area contributed by atoms with E-state index in [9.17, 15) is 4.79 Å². The summed E-state index contributed by atoms with van der Waals surface area (Å²) in [7, 11) is 0. The van der Waals surface area contributed by atoms with Crippen LogP contribution in [0, 0.1) is 6.92 Å². The van der Waals surface area contributed by atoms with Crippen LogP contribution in [0.4, 0.5) is 0 Å². The summed E-state index contributed by atoms with van der Waals surface area (Å²) in [6, 6.07) is 17.6. The molecule has 2 nitrogen and oxygen atoms in total. The quantitative estimate of drug-likeness (QED) is 0.682. The van der Waals surface area contributed by atoms with Gasteiger partial charge in [-0.3, -0.25) is 9.36 Å². The first kappa shape index (κ1) is 13.4. The van der Waals surface area contributed by atoms with Gasteiger partial charge in [-0.1, -0.05) is 43.0 Å². The van der Waals surface area contributed by atoms with E-state index in [2.05, 4.69) is 6.58 Å². The molecular weight excluding hydrogens is 258 g/mol. The topological polar surface area (TPSA) is 22.0 Å². The smallest absolute Gasteiger partial charge is 0.263 e. The molecule has 0 bridgehead atoms. The number of aryl methyl sites for hydroxylation is 1. The molecule has 0 spiro atoms. The summed E-state index contributed by atoms with van der Waals surface area (Å²) in [6.07, 6.45) is 0. The van der Waals surface area contributed by atoms with Gasteiger partial charge in [0.15, 0.2) is 0 Å². The van der Waals surface area contributed by atoms with Gasteiger partial charge in [0, 0.05) is 5.39 Å². The molecule has 0 saturated heterocycles. The van der Waals surface area contributed by atoms with Crippen LogP contribution >= 0.6 is 0 Å². The Balaban J connectivity index is 2.49. The first-order chi connectivity index (χ1) is 10.1. The van der Waals surface area contributed by atoms with Crippen molar-refractivity contribution in [2.75, 3.05) is 0 Å². The predicted octanol–water partition coefficient (Wildman–Crippen LogP) is 4.33. The summed E-state index contributed by atoms with van der Waals surface area (Å²) in [4.78, 5) is 12.9. The van der Waals surface area contributed by atoms with Crippen LogP contribution in [0.5, 0.6) is 0 Å². The molecule has 0 saturated carbocycles. The highest BCUT2D eigenvalue weighted by atomic mass is 16.1. The zero-order chi connectivity index (χ0) is 15.0. The molecule has 0 amide bonds. The fraction of sp³-hybridized carbons (Fsp3) is 0.105. The number of pyridine rings is 1. The van der Waals surface area contributed by atoms with Crippen LogP contribution in [-0.2, 0) is 0 Å². The fourth-order valence-electron chi connectivity index (χ4n) is 2.63. The minimum absolute atomic E-state index is 0.000370. The van der Waals surface area contributed by atoms with Gasteiger partial charge in [-0.15, -0.1) is 0 Å². The van der Waals surface area contributed by atoms with Gasteiger partial charge in [0.05, 0.1) is 11.4 Å². The standard InChI is InChI=1S/C19H17NO/c1-13(2)18-12-15-9-5-6-10-16(15)19(21)20(18)17-11-7-4-8-14(17)3/h4-12H,1H2,2-3H3. The lowest BCUT2D eigenvalue weighted by atomic mass is 10.1. The second kappa shape index (κ2) is 5.06. The van der Waals surface area contributed by atoms with E-state index in [4.69, 9.17) is 0 Å². The van der Waals surface area contributed by atoms with E-state index in [1.54, 1.807) is 4.57 Å². The normalized spacial score (nSPS) is 10.8. The highest BCUT2D eigenvalue weighted by molar-refractivity contribution is 5.85. The van der Waals surface area contributed by atoms with Crippen molar-refractivity contribution in [3.05, 3.63) is 82.8 Å². The molecule has 0 fully saturated rings. The molecule has 1 aromatic heterocycles. The number of allylic oxidation sites excluding steroid dienone is 1. The Morgan fingerprint density at radius 1 is 1.05 bits per heavy atom. The van der Waals surface area contributed by atoms with Crippen molar-refractivity contribution in [2.24, 2.45) is 0 Å². The Kier molecular flexibility index (Phi) is 3.22. The zero-order valence-corrected chi connectivity index (χ0v) is 12.3. The number of rotatable bonds is 2. The molecule has 104 valence electrons. The Labute approximate surface area is 124 Å². The first-order valence-electron chi connectivity index (χ1n) is 6.96. The number of hydrogen-bond donors (Lipinski definition) is 0. The van der Waals surface area contributed by atoms with Gasteiger partial charge in [-0.25, -0.2) is 0 Å². The summed E-state index contributed by atoms with van der Waals surface area (Å²) < 4.78 is 1.76. The molecule has 0 unspecified atom stereocenters. The van der Waals surface area contributed by atoms with Gasteiger partial charge in [-0.05, 0) is 48.6 Å². The van der Waals surface area contributed by atoms with E-state index < -0.39 is 0 Å². The third-order valence-corrected chi connectivity index (χ3v) is 3.72. The maximum absolute atomic E-state index is 12.9. The van der Waals surface area contributed by atoms with Crippen molar-refractivity contribution < 1.29 is 0 Å². The Morgan fingerprint density at radius 3 is 2.43 bits per heavy atom. The van der Waals surface area contributed by atoms with E-state index in [1.807, 2.05) is 68.4 Å². The van der Waals surface area contributed by atoms with E-state index in [0.717, 1.165) is 33.3 Å². The van der Waals surface area contributed by atoms with Gasteiger partial charge in [0.25, 0.3) is 5.56 Å². The maximum atomic E-state index is 12.9. The molecule has 0 N–H and O–H groups in total. The molecular formula is C19H17NO. The zero-order valence-electron chi connectivity index (χ0n) is 12.3. The summed E-state index contributed by atoms with van der Waals surface area (Å²) in [5, 5.41) is 1.68. The van der Waals surface area contributed by atoms with E-state index in [1.165, 1.54) is 0 Å². The maximum Gasteiger partial charge on any atom is 0.263 e. The first-order valence-corrected chi connectivity index (χ1v) is 6.96. The van der Waals surface area contributed by atoms with Gasteiger partial charge in [0.2, 0.25) is 0 Å². The molecule has 2 aromatic carbocycles. The lowest BCUT2D eigenvalue weighted by molar-refractivity contribution is 0.971. The van der Waals surface area contributed by atoms with Crippen molar-refractivity contribution in [1.29, 1.82) is 0 Å². The lowest BCUT2D eigenvalue weighted by Gasteiger charge is -2.16. The summed E-state index contributed by atoms with van der Waals surface area (Å²) in [6.45, 7) is 7.97. The van der Waals surface area contributed by atoms with Crippen molar-refractivity contribution in [3.8, 4) is 5.69 Å². The molecule has 1 heterocycles. The van der Waals surface area contributed by atoms with Crippen LogP contribution in [0.25, 0.3) is 22.0 Å². The van der Waals surface area contributed by atoms with Crippen LogP contribution < -0.4 is 5.56 Å². The molecule has 0 atom stereocenters. The minimum Gasteiger partial charge on any atom is -0.276 e.